The Kier molecular flexibility index (Phi) is 2.95. The van der Waals surface area contributed by atoms with Gasteiger partial charge in [-0.05, 0) is 0 Å². The molecule has 1 aliphatic heterocycles. The topological polar surface area (TPSA) is 20.3 Å². The summed E-state index contributed by atoms with van der Waals surface area (Å²) < 4.78 is 35.8. The molecule has 0 saturated carbocycles. The van der Waals surface area contributed by atoms with E-state index in [1.165, 1.54) is 4.90 Å². The zero-order valence-corrected chi connectivity index (χ0v) is 7.40. The highest BCUT2D eigenvalue weighted by Crippen LogP contribution is 2.20. The summed E-state index contributed by atoms with van der Waals surface area (Å²) >= 11 is 0. The van der Waals surface area contributed by atoms with Crippen molar-refractivity contribution in [3.8, 4) is 0 Å². The summed E-state index contributed by atoms with van der Waals surface area (Å²) in [4.78, 5) is 12.3. The second-order valence-electron chi connectivity index (χ2n) is 3.47. The molecule has 0 radical (unpaired) electrons. The molecule has 76 valence electrons. The van der Waals surface area contributed by atoms with E-state index in [0.717, 1.165) is 0 Å². The summed E-state index contributed by atoms with van der Waals surface area (Å²) in [7, 11) is 0. The zero-order chi connectivity index (χ0) is 10.1. The Morgan fingerprint density at radius 3 is 2.62 bits per heavy atom. The minimum absolute atomic E-state index is 0.0680. The van der Waals surface area contributed by atoms with Crippen molar-refractivity contribution >= 4 is 5.78 Å². The average molecular weight is 195 g/mol. The third-order valence-corrected chi connectivity index (χ3v) is 2.16. The van der Waals surface area contributed by atoms with E-state index in [2.05, 4.69) is 0 Å². The van der Waals surface area contributed by atoms with E-state index < -0.39 is 12.7 Å². The summed E-state index contributed by atoms with van der Waals surface area (Å²) in [5.41, 5.74) is 0. The number of hydrogen-bond donors (Lipinski definition) is 0. The van der Waals surface area contributed by atoms with E-state index in [4.69, 9.17) is 0 Å². The van der Waals surface area contributed by atoms with Crippen molar-refractivity contribution in [3.05, 3.63) is 0 Å². The first kappa shape index (κ1) is 10.5. The van der Waals surface area contributed by atoms with Crippen molar-refractivity contribution in [2.45, 2.75) is 19.5 Å². The fourth-order valence-electron chi connectivity index (χ4n) is 1.49. The van der Waals surface area contributed by atoms with Gasteiger partial charge >= 0.3 is 6.18 Å². The Morgan fingerprint density at radius 2 is 2.15 bits per heavy atom. The average Bonchev–Trinajstić information content (AvgIpc) is 1.94. The molecule has 1 fully saturated rings. The summed E-state index contributed by atoms with van der Waals surface area (Å²) in [5, 5.41) is 0. The number of likely N-dealkylation sites (tertiary alicyclic amines) is 1. The molecule has 1 aliphatic rings. The maximum atomic E-state index is 11.9. The molecule has 1 saturated heterocycles. The summed E-state index contributed by atoms with van der Waals surface area (Å²) in [6.07, 6.45) is -3.91. The monoisotopic (exact) mass is 195 g/mol. The van der Waals surface area contributed by atoms with Crippen LogP contribution in [0.15, 0.2) is 0 Å². The fraction of sp³-hybridized carbons (Fsp3) is 0.875. The molecule has 0 bridgehead atoms. The summed E-state index contributed by atoms with van der Waals surface area (Å²) in [5.74, 6) is -0.186. The van der Waals surface area contributed by atoms with Gasteiger partial charge in [0.2, 0.25) is 0 Å². The lowest BCUT2D eigenvalue weighted by Crippen LogP contribution is -2.44. The van der Waals surface area contributed by atoms with Gasteiger partial charge in [0.15, 0.2) is 0 Å². The Labute approximate surface area is 74.7 Å². The Bertz CT molecular complexity index is 202. The smallest absolute Gasteiger partial charge is 0.299 e. The number of carbonyl (C=O) groups is 1. The lowest BCUT2D eigenvalue weighted by Gasteiger charge is -2.30. The van der Waals surface area contributed by atoms with Crippen LogP contribution in [0.2, 0.25) is 0 Å². The van der Waals surface area contributed by atoms with Crippen molar-refractivity contribution in [2.24, 2.45) is 5.92 Å². The third kappa shape index (κ3) is 3.34. The summed E-state index contributed by atoms with van der Waals surface area (Å²) in [6.45, 7) is 1.25. The molecule has 1 heterocycles. The standard InChI is InChI=1S/C8H12F3NO/c1-6-4-12(3-2-7(6)13)5-8(9,10)11/h6H,2-5H2,1H3. The first-order valence-corrected chi connectivity index (χ1v) is 4.20. The highest BCUT2D eigenvalue weighted by molar-refractivity contribution is 5.81. The third-order valence-electron chi connectivity index (χ3n) is 2.16. The van der Waals surface area contributed by atoms with Gasteiger partial charge in [-0.25, -0.2) is 0 Å². The SMILES string of the molecule is CC1CN(CC(F)(F)F)CCC1=O. The van der Waals surface area contributed by atoms with Crippen LogP contribution in [0, 0.1) is 5.92 Å². The normalized spacial score (nSPS) is 26.5. The van der Waals surface area contributed by atoms with E-state index in [1.54, 1.807) is 6.92 Å². The van der Waals surface area contributed by atoms with Gasteiger partial charge in [0.1, 0.15) is 5.78 Å². The Balaban J connectivity index is 2.42. The van der Waals surface area contributed by atoms with Gasteiger partial charge in [-0.3, -0.25) is 9.69 Å². The lowest BCUT2D eigenvalue weighted by atomic mass is 9.99. The number of nitrogens with zero attached hydrogens (tertiary/aromatic N) is 1. The Hall–Kier alpha value is -0.580. The molecule has 0 aromatic rings. The molecule has 5 heteroatoms. The van der Waals surface area contributed by atoms with Crippen LogP contribution in [0.4, 0.5) is 13.2 Å². The molecule has 0 spiro atoms. The van der Waals surface area contributed by atoms with Crippen LogP contribution in [0.1, 0.15) is 13.3 Å². The van der Waals surface area contributed by atoms with Gasteiger partial charge in [0, 0.05) is 25.4 Å². The van der Waals surface area contributed by atoms with Crippen molar-refractivity contribution in [3.63, 3.8) is 0 Å². The van der Waals surface area contributed by atoms with Crippen LogP contribution in [0.5, 0.6) is 0 Å². The molecule has 0 N–H and O–H groups in total. The highest BCUT2D eigenvalue weighted by atomic mass is 19.4. The van der Waals surface area contributed by atoms with Crippen molar-refractivity contribution in [1.82, 2.24) is 4.90 Å². The van der Waals surface area contributed by atoms with E-state index in [1.807, 2.05) is 0 Å². The largest absolute Gasteiger partial charge is 0.401 e. The molecule has 0 aromatic carbocycles. The number of alkyl halides is 3. The van der Waals surface area contributed by atoms with Crippen LogP contribution in [0.25, 0.3) is 0 Å². The number of piperidine rings is 1. The minimum Gasteiger partial charge on any atom is -0.299 e. The lowest BCUT2D eigenvalue weighted by molar-refractivity contribution is -0.153. The van der Waals surface area contributed by atoms with Gasteiger partial charge in [-0.2, -0.15) is 13.2 Å². The molecule has 13 heavy (non-hydrogen) atoms. The molecule has 0 aliphatic carbocycles. The number of ketones is 1. The molecule has 0 amide bonds. The first-order valence-electron chi connectivity index (χ1n) is 4.20. The number of hydrogen-bond acceptors (Lipinski definition) is 2. The van der Waals surface area contributed by atoms with Crippen LogP contribution in [0.3, 0.4) is 0 Å². The number of rotatable bonds is 1. The van der Waals surface area contributed by atoms with Crippen molar-refractivity contribution < 1.29 is 18.0 Å². The van der Waals surface area contributed by atoms with Gasteiger partial charge in [0.25, 0.3) is 0 Å². The number of Topliss-reactive ketones (excluding diaryl/α,β-unsaturated/α-hetero) is 1. The van der Waals surface area contributed by atoms with Gasteiger partial charge in [-0.1, -0.05) is 6.92 Å². The molecule has 1 unspecified atom stereocenters. The van der Waals surface area contributed by atoms with E-state index >= 15 is 0 Å². The molecular formula is C8H12F3NO. The quantitative estimate of drug-likeness (QED) is 0.631. The minimum atomic E-state index is -4.15. The molecule has 2 nitrogen and oxygen atoms in total. The predicted octanol–water partition coefficient (Wildman–Crippen LogP) is 1.46. The molecular weight excluding hydrogens is 183 g/mol. The van der Waals surface area contributed by atoms with Crippen molar-refractivity contribution in [2.75, 3.05) is 19.6 Å². The second kappa shape index (κ2) is 3.65. The van der Waals surface area contributed by atoms with Crippen molar-refractivity contribution in [1.29, 1.82) is 0 Å². The van der Waals surface area contributed by atoms with Crippen LogP contribution in [-0.2, 0) is 4.79 Å². The van der Waals surface area contributed by atoms with Gasteiger partial charge < -0.3 is 0 Å². The van der Waals surface area contributed by atoms with Crippen LogP contribution in [-0.4, -0.2) is 36.5 Å². The maximum absolute atomic E-state index is 11.9. The van der Waals surface area contributed by atoms with E-state index in [-0.39, 0.29) is 31.2 Å². The zero-order valence-electron chi connectivity index (χ0n) is 7.40. The van der Waals surface area contributed by atoms with Gasteiger partial charge in [0.05, 0.1) is 6.54 Å². The highest BCUT2D eigenvalue weighted by Gasteiger charge is 2.33. The number of carbonyl (C=O) groups excluding carboxylic acids is 1. The molecule has 1 rings (SSSR count). The predicted molar refractivity (Wildman–Crippen MR) is 41.3 cm³/mol. The summed E-state index contributed by atoms with van der Waals surface area (Å²) in [6, 6.07) is 0. The molecule has 0 aromatic heterocycles. The van der Waals surface area contributed by atoms with Crippen LogP contribution >= 0.6 is 0 Å². The molecule has 1 atom stereocenters. The van der Waals surface area contributed by atoms with E-state index in [0.29, 0.717) is 0 Å². The number of halogens is 3. The Morgan fingerprint density at radius 1 is 1.54 bits per heavy atom. The van der Waals surface area contributed by atoms with Crippen LogP contribution < -0.4 is 0 Å². The first-order chi connectivity index (χ1) is 5.88. The van der Waals surface area contributed by atoms with E-state index in [9.17, 15) is 18.0 Å². The van der Waals surface area contributed by atoms with Gasteiger partial charge in [-0.15, -0.1) is 0 Å². The second-order valence-corrected chi connectivity index (χ2v) is 3.47. The fourth-order valence-corrected chi connectivity index (χ4v) is 1.49. The maximum Gasteiger partial charge on any atom is 0.401 e.